The van der Waals surface area contributed by atoms with Crippen molar-refractivity contribution < 1.29 is 4.57 Å². The van der Waals surface area contributed by atoms with Crippen LogP contribution in [-0.2, 0) is 4.57 Å². The fourth-order valence-corrected chi connectivity index (χ4v) is 4.60. The highest BCUT2D eigenvalue weighted by Gasteiger charge is 2.26. The lowest BCUT2D eigenvalue weighted by Crippen LogP contribution is -2.15. The van der Waals surface area contributed by atoms with E-state index >= 15 is 0 Å². The summed E-state index contributed by atoms with van der Waals surface area (Å²) in [6.07, 6.45) is 0. The summed E-state index contributed by atoms with van der Waals surface area (Å²) in [5.41, 5.74) is 1.46. The molecule has 0 aromatic heterocycles. The summed E-state index contributed by atoms with van der Waals surface area (Å²) in [6.45, 7) is 1.80. The highest BCUT2D eigenvalue weighted by molar-refractivity contribution is 7.77. The van der Waals surface area contributed by atoms with E-state index in [4.69, 9.17) is 0 Å². The van der Waals surface area contributed by atoms with Crippen LogP contribution in [0.5, 0.6) is 0 Å². The van der Waals surface area contributed by atoms with Crippen molar-refractivity contribution in [2.45, 2.75) is 6.92 Å². The molecule has 3 rings (SSSR count). The largest absolute Gasteiger partial charge is 0.288 e. The maximum Gasteiger partial charge on any atom is 0.248 e. The summed E-state index contributed by atoms with van der Waals surface area (Å²) >= 11 is 0. The van der Waals surface area contributed by atoms with E-state index in [1.165, 1.54) is 0 Å². The Balaban J connectivity index is 2.05. The molecule has 0 N–H and O–H groups in total. The number of hydrogen-bond donors (Lipinski definition) is 0. The van der Waals surface area contributed by atoms with Gasteiger partial charge in [0.2, 0.25) is 7.29 Å². The predicted molar refractivity (Wildman–Crippen MR) is 106 cm³/mol. The van der Waals surface area contributed by atoms with Crippen molar-refractivity contribution in [1.82, 2.24) is 0 Å². The van der Waals surface area contributed by atoms with Crippen molar-refractivity contribution in [2.24, 2.45) is 4.76 Å². The van der Waals surface area contributed by atoms with Crippen LogP contribution in [0.4, 0.5) is 0 Å². The molecule has 25 heavy (non-hydrogen) atoms. The van der Waals surface area contributed by atoms with Gasteiger partial charge >= 0.3 is 0 Å². The summed E-state index contributed by atoms with van der Waals surface area (Å²) < 4.78 is 18.3. The highest BCUT2D eigenvalue weighted by Crippen LogP contribution is 2.45. The molecule has 0 aliphatic carbocycles. The lowest BCUT2D eigenvalue weighted by molar-refractivity contribution is 0.588. The Morgan fingerprint density at radius 1 is 0.760 bits per heavy atom. The van der Waals surface area contributed by atoms with E-state index in [0.29, 0.717) is 16.3 Å². The first kappa shape index (κ1) is 17.0. The Kier molecular flexibility index (Phi) is 5.29. The van der Waals surface area contributed by atoms with Crippen molar-refractivity contribution in [3.05, 3.63) is 96.6 Å². The van der Waals surface area contributed by atoms with Crippen LogP contribution in [0.3, 0.4) is 0 Å². The molecule has 0 atom stereocenters. The van der Waals surface area contributed by atoms with Gasteiger partial charge in [0.15, 0.2) is 0 Å². The van der Waals surface area contributed by atoms with Gasteiger partial charge in [-0.3, -0.25) is 4.57 Å². The average Bonchev–Trinajstić information content (AvgIpc) is 2.68. The number of nitrogens with zero attached hydrogens (tertiary/aromatic N) is 1. The van der Waals surface area contributed by atoms with Crippen LogP contribution in [0.1, 0.15) is 12.5 Å². The average molecular weight is 343 g/mol. The lowest BCUT2D eigenvalue weighted by Gasteiger charge is -2.14. The summed E-state index contributed by atoms with van der Waals surface area (Å²) in [4.78, 5) is 0. The van der Waals surface area contributed by atoms with Gasteiger partial charge in [-0.1, -0.05) is 60.5 Å². The monoisotopic (exact) mass is 343 g/mol. The first-order chi connectivity index (χ1) is 12.2. The highest BCUT2D eigenvalue weighted by atomic mass is 31.2. The Morgan fingerprint density at radius 3 is 1.68 bits per heavy atom. The first-order valence-corrected chi connectivity index (χ1v) is 9.70. The second-order valence-corrected chi connectivity index (χ2v) is 7.93. The van der Waals surface area contributed by atoms with E-state index in [9.17, 15) is 4.57 Å². The standard InChI is InChI=1S/C22H18NOP/c1-19(17-18-20-11-5-2-6-12-20)23-25(24,21-13-7-3-8-14-21)22-15-9-4-10-16-22/h2-16H,1H3/b23-19+. The van der Waals surface area contributed by atoms with Crippen molar-refractivity contribution in [2.75, 3.05) is 0 Å². The zero-order valence-corrected chi connectivity index (χ0v) is 14.9. The Hall–Kier alpha value is -2.88. The molecule has 0 aliphatic rings. The van der Waals surface area contributed by atoms with Crippen molar-refractivity contribution >= 4 is 23.6 Å². The van der Waals surface area contributed by atoms with Crippen LogP contribution in [0.25, 0.3) is 0 Å². The van der Waals surface area contributed by atoms with Crippen LogP contribution in [-0.4, -0.2) is 5.71 Å². The molecule has 0 bridgehead atoms. The molecule has 0 fully saturated rings. The Morgan fingerprint density at radius 2 is 1.20 bits per heavy atom. The van der Waals surface area contributed by atoms with E-state index in [-0.39, 0.29) is 0 Å². The lowest BCUT2D eigenvalue weighted by atomic mass is 10.2. The number of benzene rings is 3. The minimum Gasteiger partial charge on any atom is -0.288 e. The van der Waals surface area contributed by atoms with Gasteiger partial charge in [-0.25, -0.2) is 4.76 Å². The molecule has 0 aliphatic heterocycles. The van der Waals surface area contributed by atoms with E-state index < -0.39 is 7.29 Å². The molecule has 0 saturated heterocycles. The van der Waals surface area contributed by atoms with Gasteiger partial charge in [-0.15, -0.1) is 0 Å². The molecule has 3 aromatic carbocycles. The van der Waals surface area contributed by atoms with E-state index in [1.807, 2.05) is 91.0 Å². The molecule has 0 spiro atoms. The SMILES string of the molecule is C/C(C#Cc1ccccc1)=N\P(=O)(c1ccccc1)c1ccccc1. The predicted octanol–water partition coefficient (Wildman–Crippen LogP) is 4.43. The van der Waals surface area contributed by atoms with E-state index in [2.05, 4.69) is 16.6 Å². The van der Waals surface area contributed by atoms with Crippen LogP contribution in [0, 0.1) is 11.8 Å². The van der Waals surface area contributed by atoms with Crippen LogP contribution in [0.2, 0.25) is 0 Å². The van der Waals surface area contributed by atoms with Crippen LogP contribution >= 0.6 is 7.29 Å². The second kappa shape index (κ2) is 7.79. The van der Waals surface area contributed by atoms with Gasteiger partial charge in [0.1, 0.15) is 0 Å². The minimum absolute atomic E-state index is 0.555. The topological polar surface area (TPSA) is 29.4 Å². The molecule has 2 nitrogen and oxygen atoms in total. The fraction of sp³-hybridized carbons (Fsp3) is 0.0455. The summed E-state index contributed by atoms with van der Waals surface area (Å²) in [7, 11) is -3.12. The zero-order valence-electron chi connectivity index (χ0n) is 14.0. The summed E-state index contributed by atoms with van der Waals surface area (Å²) in [5.74, 6) is 6.09. The maximum absolute atomic E-state index is 13.8. The van der Waals surface area contributed by atoms with E-state index in [1.54, 1.807) is 6.92 Å². The molecular weight excluding hydrogens is 325 g/mol. The van der Waals surface area contributed by atoms with Crippen LogP contribution < -0.4 is 10.6 Å². The third-order valence-corrected chi connectivity index (χ3v) is 6.24. The first-order valence-electron chi connectivity index (χ1n) is 8.04. The third kappa shape index (κ3) is 4.15. The minimum atomic E-state index is -3.12. The van der Waals surface area contributed by atoms with Gasteiger partial charge in [0.25, 0.3) is 0 Å². The second-order valence-electron chi connectivity index (χ2n) is 5.55. The Bertz CT molecular complexity index is 925. The molecule has 122 valence electrons. The van der Waals surface area contributed by atoms with Crippen molar-refractivity contribution in [3.63, 3.8) is 0 Å². The fourth-order valence-electron chi connectivity index (χ4n) is 2.44. The zero-order chi connectivity index (χ0) is 17.5. The van der Waals surface area contributed by atoms with Gasteiger partial charge in [-0.05, 0) is 49.2 Å². The molecule has 0 radical (unpaired) electrons. The molecule has 0 amide bonds. The van der Waals surface area contributed by atoms with Gasteiger partial charge in [-0.2, -0.15) is 0 Å². The number of rotatable bonds is 3. The molecule has 0 unspecified atom stereocenters. The molecular formula is C22H18NOP. The van der Waals surface area contributed by atoms with Gasteiger partial charge in [0.05, 0.1) is 5.71 Å². The third-order valence-electron chi connectivity index (χ3n) is 3.66. The molecule has 0 saturated carbocycles. The van der Waals surface area contributed by atoms with Crippen molar-refractivity contribution in [1.29, 1.82) is 0 Å². The van der Waals surface area contributed by atoms with Crippen LogP contribution in [0.15, 0.2) is 95.8 Å². The van der Waals surface area contributed by atoms with E-state index in [0.717, 1.165) is 5.56 Å². The molecule has 3 heteroatoms. The van der Waals surface area contributed by atoms with Gasteiger partial charge in [0, 0.05) is 16.2 Å². The maximum atomic E-state index is 13.8. The number of hydrogen-bond acceptors (Lipinski definition) is 1. The smallest absolute Gasteiger partial charge is 0.248 e. The summed E-state index contributed by atoms with van der Waals surface area (Å²) in [5, 5.41) is 1.42. The summed E-state index contributed by atoms with van der Waals surface area (Å²) in [6, 6.07) is 28.5. The Labute approximate surface area is 148 Å². The van der Waals surface area contributed by atoms with Gasteiger partial charge < -0.3 is 0 Å². The quantitative estimate of drug-likeness (QED) is 0.393. The molecule has 0 heterocycles. The van der Waals surface area contributed by atoms with Crippen molar-refractivity contribution in [3.8, 4) is 11.8 Å². The molecule has 3 aromatic rings. The normalized spacial score (nSPS) is 11.5.